The number of nitriles is 1. The van der Waals surface area contributed by atoms with Crippen LogP contribution >= 0.6 is 0 Å². The minimum absolute atomic E-state index is 0.232. The summed E-state index contributed by atoms with van der Waals surface area (Å²) in [6.45, 7) is 7.16. The number of anilines is 1. The molecule has 0 aromatic heterocycles. The quantitative estimate of drug-likeness (QED) is 0.845. The number of hydrogen-bond donors (Lipinski definition) is 1. The molecule has 0 bridgehead atoms. The zero-order chi connectivity index (χ0) is 12.2. The topological polar surface area (TPSA) is 35.8 Å². The standard InChI is InChI=1S/C13H17FN2/c1-13(2,3)6-7-16-12-5-4-10(9-15)8-11(12)14/h4-5,8,16H,6-7H2,1-3H3. The second-order valence-electron chi connectivity index (χ2n) is 5.04. The first-order valence-corrected chi connectivity index (χ1v) is 5.36. The Hall–Kier alpha value is -1.56. The number of benzene rings is 1. The van der Waals surface area contributed by atoms with E-state index in [0.29, 0.717) is 11.3 Å². The summed E-state index contributed by atoms with van der Waals surface area (Å²) in [5, 5.41) is 11.6. The molecule has 0 aliphatic carbocycles. The first-order chi connectivity index (χ1) is 7.42. The highest BCUT2D eigenvalue weighted by atomic mass is 19.1. The van der Waals surface area contributed by atoms with E-state index in [1.54, 1.807) is 12.1 Å². The minimum Gasteiger partial charge on any atom is -0.383 e. The van der Waals surface area contributed by atoms with Crippen LogP contribution in [-0.2, 0) is 0 Å². The summed E-state index contributed by atoms with van der Waals surface area (Å²) in [7, 11) is 0. The summed E-state index contributed by atoms with van der Waals surface area (Å²) in [6.07, 6.45) is 0.965. The highest BCUT2D eigenvalue weighted by Gasteiger charge is 2.10. The fourth-order valence-corrected chi connectivity index (χ4v) is 1.30. The SMILES string of the molecule is CC(C)(C)CCNc1ccc(C#N)cc1F. The van der Waals surface area contributed by atoms with Crippen molar-refractivity contribution in [1.29, 1.82) is 5.26 Å². The summed E-state index contributed by atoms with van der Waals surface area (Å²) in [4.78, 5) is 0. The maximum absolute atomic E-state index is 13.4. The molecule has 0 aliphatic heterocycles. The first-order valence-electron chi connectivity index (χ1n) is 5.36. The molecular weight excluding hydrogens is 203 g/mol. The third kappa shape index (κ3) is 3.90. The number of halogens is 1. The summed E-state index contributed by atoms with van der Waals surface area (Å²) in [5.74, 6) is -0.368. The van der Waals surface area contributed by atoms with Crippen molar-refractivity contribution >= 4 is 5.69 Å². The van der Waals surface area contributed by atoms with Crippen LogP contribution in [0.4, 0.5) is 10.1 Å². The summed E-state index contributed by atoms with van der Waals surface area (Å²) < 4.78 is 13.4. The predicted octanol–water partition coefficient (Wildman–Crippen LogP) is 3.55. The molecule has 16 heavy (non-hydrogen) atoms. The van der Waals surface area contributed by atoms with E-state index in [0.717, 1.165) is 13.0 Å². The average molecular weight is 220 g/mol. The van der Waals surface area contributed by atoms with Crippen LogP contribution in [0.2, 0.25) is 0 Å². The Morgan fingerprint density at radius 1 is 1.38 bits per heavy atom. The van der Waals surface area contributed by atoms with E-state index in [1.165, 1.54) is 6.07 Å². The Bertz CT molecular complexity index is 399. The van der Waals surface area contributed by atoms with Gasteiger partial charge in [-0.2, -0.15) is 5.26 Å². The Kier molecular flexibility index (Phi) is 3.89. The molecule has 0 aliphatic rings. The van der Waals surface area contributed by atoms with Crippen LogP contribution in [0.3, 0.4) is 0 Å². The van der Waals surface area contributed by atoms with Crippen molar-refractivity contribution in [3.05, 3.63) is 29.6 Å². The number of nitrogens with one attached hydrogen (secondary N) is 1. The largest absolute Gasteiger partial charge is 0.383 e. The lowest BCUT2D eigenvalue weighted by Gasteiger charge is -2.18. The molecule has 0 unspecified atom stereocenters. The van der Waals surface area contributed by atoms with Crippen molar-refractivity contribution in [2.75, 3.05) is 11.9 Å². The van der Waals surface area contributed by atoms with Crippen molar-refractivity contribution in [1.82, 2.24) is 0 Å². The molecule has 0 spiro atoms. The maximum atomic E-state index is 13.4. The molecule has 0 saturated heterocycles. The number of rotatable bonds is 3. The summed E-state index contributed by atoms with van der Waals surface area (Å²) >= 11 is 0. The van der Waals surface area contributed by atoms with E-state index in [2.05, 4.69) is 26.1 Å². The van der Waals surface area contributed by atoms with E-state index in [9.17, 15) is 4.39 Å². The van der Waals surface area contributed by atoms with Gasteiger partial charge in [0.1, 0.15) is 5.82 Å². The number of hydrogen-bond acceptors (Lipinski definition) is 2. The van der Waals surface area contributed by atoms with Gasteiger partial charge < -0.3 is 5.32 Å². The molecule has 1 aromatic carbocycles. The lowest BCUT2D eigenvalue weighted by atomic mass is 9.92. The van der Waals surface area contributed by atoms with Gasteiger partial charge >= 0.3 is 0 Å². The fraction of sp³-hybridized carbons (Fsp3) is 0.462. The van der Waals surface area contributed by atoms with Crippen LogP contribution in [-0.4, -0.2) is 6.54 Å². The van der Waals surface area contributed by atoms with Crippen LogP contribution in [0.1, 0.15) is 32.8 Å². The van der Waals surface area contributed by atoms with E-state index in [4.69, 9.17) is 5.26 Å². The van der Waals surface area contributed by atoms with Crippen LogP contribution in [0, 0.1) is 22.6 Å². The van der Waals surface area contributed by atoms with Crippen molar-refractivity contribution in [2.24, 2.45) is 5.41 Å². The molecular formula is C13H17FN2. The molecule has 0 fully saturated rings. The van der Waals surface area contributed by atoms with Crippen molar-refractivity contribution < 1.29 is 4.39 Å². The van der Waals surface area contributed by atoms with Crippen LogP contribution in [0.15, 0.2) is 18.2 Å². The highest BCUT2D eigenvalue weighted by molar-refractivity contribution is 5.48. The third-order valence-electron chi connectivity index (χ3n) is 2.29. The summed E-state index contributed by atoms with van der Waals surface area (Å²) in [6, 6.07) is 6.38. The van der Waals surface area contributed by atoms with Gasteiger partial charge in [0.25, 0.3) is 0 Å². The third-order valence-corrected chi connectivity index (χ3v) is 2.29. The van der Waals surface area contributed by atoms with Gasteiger partial charge in [0.05, 0.1) is 17.3 Å². The van der Waals surface area contributed by atoms with Gasteiger partial charge in [-0.1, -0.05) is 20.8 Å². The zero-order valence-corrected chi connectivity index (χ0v) is 9.97. The fourth-order valence-electron chi connectivity index (χ4n) is 1.30. The second-order valence-corrected chi connectivity index (χ2v) is 5.04. The molecule has 86 valence electrons. The molecule has 1 rings (SSSR count). The van der Waals surface area contributed by atoms with Gasteiger partial charge in [-0.25, -0.2) is 4.39 Å². The lowest BCUT2D eigenvalue weighted by molar-refractivity contribution is 0.389. The van der Waals surface area contributed by atoms with Crippen LogP contribution < -0.4 is 5.32 Å². The molecule has 3 heteroatoms. The molecule has 0 atom stereocenters. The van der Waals surface area contributed by atoms with E-state index >= 15 is 0 Å². The lowest BCUT2D eigenvalue weighted by Crippen LogP contribution is -2.13. The van der Waals surface area contributed by atoms with Gasteiger partial charge in [0, 0.05) is 6.54 Å². The second kappa shape index (κ2) is 4.98. The monoisotopic (exact) mass is 220 g/mol. The molecule has 2 nitrogen and oxygen atoms in total. The average Bonchev–Trinajstić information content (AvgIpc) is 2.18. The van der Waals surface area contributed by atoms with Crippen molar-refractivity contribution in [3.8, 4) is 6.07 Å². The van der Waals surface area contributed by atoms with Gasteiger partial charge in [0.2, 0.25) is 0 Å². The van der Waals surface area contributed by atoms with E-state index in [1.807, 2.05) is 6.07 Å². The maximum Gasteiger partial charge on any atom is 0.147 e. The van der Waals surface area contributed by atoms with Gasteiger partial charge in [0.15, 0.2) is 0 Å². The van der Waals surface area contributed by atoms with Crippen LogP contribution in [0.5, 0.6) is 0 Å². The zero-order valence-electron chi connectivity index (χ0n) is 9.97. The van der Waals surface area contributed by atoms with Gasteiger partial charge in [-0.05, 0) is 30.0 Å². The molecule has 1 N–H and O–H groups in total. The Labute approximate surface area is 96.1 Å². The highest BCUT2D eigenvalue weighted by Crippen LogP contribution is 2.20. The Balaban J connectivity index is 2.59. The van der Waals surface area contributed by atoms with Gasteiger partial charge in [-0.15, -0.1) is 0 Å². The molecule has 0 amide bonds. The molecule has 0 saturated carbocycles. The molecule has 0 heterocycles. The molecule has 1 aromatic rings. The van der Waals surface area contributed by atoms with Crippen molar-refractivity contribution in [3.63, 3.8) is 0 Å². The molecule has 0 radical (unpaired) electrons. The van der Waals surface area contributed by atoms with E-state index < -0.39 is 0 Å². The predicted molar refractivity (Wildman–Crippen MR) is 63.7 cm³/mol. The minimum atomic E-state index is -0.368. The van der Waals surface area contributed by atoms with Crippen molar-refractivity contribution in [2.45, 2.75) is 27.2 Å². The van der Waals surface area contributed by atoms with Gasteiger partial charge in [-0.3, -0.25) is 0 Å². The number of nitrogens with zero attached hydrogens (tertiary/aromatic N) is 1. The normalized spacial score (nSPS) is 10.9. The summed E-state index contributed by atoms with van der Waals surface area (Å²) in [5.41, 5.74) is 1.04. The van der Waals surface area contributed by atoms with Crippen LogP contribution in [0.25, 0.3) is 0 Å². The smallest absolute Gasteiger partial charge is 0.147 e. The Morgan fingerprint density at radius 2 is 2.06 bits per heavy atom. The first kappa shape index (κ1) is 12.5. The van der Waals surface area contributed by atoms with E-state index in [-0.39, 0.29) is 11.2 Å². The Morgan fingerprint density at radius 3 is 2.56 bits per heavy atom.